The van der Waals surface area contributed by atoms with E-state index in [-0.39, 0.29) is 36.0 Å². The van der Waals surface area contributed by atoms with Crippen molar-refractivity contribution in [3.8, 4) is 5.75 Å². The Balaban J connectivity index is 3.03. The van der Waals surface area contributed by atoms with Crippen LogP contribution in [0.4, 0.5) is 0 Å². The number of halogens is 1. The van der Waals surface area contributed by atoms with Crippen LogP contribution in [-0.2, 0) is 18.5 Å². The highest BCUT2D eigenvalue weighted by Crippen LogP contribution is 2.28. The van der Waals surface area contributed by atoms with E-state index in [4.69, 9.17) is 24.9 Å². The second kappa shape index (κ2) is 7.47. The summed E-state index contributed by atoms with van der Waals surface area (Å²) in [6, 6.07) is 3.90. The van der Waals surface area contributed by atoms with Gasteiger partial charge >= 0.3 is 5.97 Å². The molecule has 0 fully saturated rings. The van der Waals surface area contributed by atoms with Crippen molar-refractivity contribution in [2.45, 2.75) is 11.8 Å². The minimum Gasteiger partial charge on any atom is -0.492 e. The molecule has 112 valence electrons. The van der Waals surface area contributed by atoms with Gasteiger partial charge in [0.15, 0.2) is 0 Å². The predicted octanol–water partition coefficient (Wildman–Crippen LogP) is 1.82. The minimum atomic E-state index is -4.02. The molecular weight excluding hydrogens is 308 g/mol. The first-order valence-corrected chi connectivity index (χ1v) is 8.08. The van der Waals surface area contributed by atoms with Crippen LogP contribution in [0.2, 0.25) is 0 Å². The van der Waals surface area contributed by atoms with E-state index in [1.165, 1.54) is 19.2 Å². The third-order valence-corrected chi connectivity index (χ3v) is 3.61. The SMILES string of the molecule is CCOc1ccc(C(=O)OCCOC)cc1S(=O)(=O)Cl. The van der Waals surface area contributed by atoms with Crippen molar-refractivity contribution in [3.63, 3.8) is 0 Å². The summed E-state index contributed by atoms with van der Waals surface area (Å²) < 4.78 is 37.8. The lowest BCUT2D eigenvalue weighted by Gasteiger charge is -2.10. The maximum atomic E-state index is 11.7. The molecule has 0 aliphatic heterocycles. The molecule has 0 aliphatic carbocycles. The Morgan fingerprint density at radius 1 is 1.30 bits per heavy atom. The van der Waals surface area contributed by atoms with E-state index in [9.17, 15) is 13.2 Å². The molecule has 0 radical (unpaired) electrons. The molecule has 0 aromatic heterocycles. The van der Waals surface area contributed by atoms with Gasteiger partial charge < -0.3 is 14.2 Å². The fourth-order valence-electron chi connectivity index (χ4n) is 1.40. The molecule has 6 nitrogen and oxygen atoms in total. The van der Waals surface area contributed by atoms with E-state index >= 15 is 0 Å². The lowest BCUT2D eigenvalue weighted by atomic mass is 10.2. The Hall–Kier alpha value is -1.31. The van der Waals surface area contributed by atoms with Crippen LogP contribution >= 0.6 is 10.7 Å². The first-order valence-electron chi connectivity index (χ1n) is 5.77. The molecule has 0 heterocycles. The van der Waals surface area contributed by atoms with Crippen molar-refractivity contribution >= 4 is 25.7 Å². The van der Waals surface area contributed by atoms with Crippen molar-refractivity contribution < 1.29 is 27.4 Å². The standard InChI is InChI=1S/C12H15ClO6S/c1-3-18-10-5-4-9(8-11(10)20(13,15)16)12(14)19-7-6-17-2/h4-5,8H,3,6-7H2,1-2H3. The van der Waals surface area contributed by atoms with Gasteiger partial charge in [0.2, 0.25) is 0 Å². The normalized spacial score (nSPS) is 11.2. The minimum absolute atomic E-state index is 0.0729. The molecule has 0 saturated heterocycles. The lowest BCUT2D eigenvalue weighted by molar-refractivity contribution is 0.0388. The van der Waals surface area contributed by atoms with Crippen LogP contribution in [0.3, 0.4) is 0 Å². The van der Waals surface area contributed by atoms with E-state index in [1.54, 1.807) is 6.92 Å². The highest BCUT2D eigenvalue weighted by Gasteiger charge is 2.20. The van der Waals surface area contributed by atoms with Crippen LogP contribution in [0.25, 0.3) is 0 Å². The van der Waals surface area contributed by atoms with Gasteiger partial charge in [-0.3, -0.25) is 0 Å². The fraction of sp³-hybridized carbons (Fsp3) is 0.417. The Kier molecular flexibility index (Phi) is 6.25. The van der Waals surface area contributed by atoms with Gasteiger partial charge in [-0.2, -0.15) is 0 Å². The van der Waals surface area contributed by atoms with Crippen molar-refractivity contribution in [2.24, 2.45) is 0 Å². The number of rotatable bonds is 7. The van der Waals surface area contributed by atoms with Crippen LogP contribution in [-0.4, -0.2) is 41.3 Å². The molecule has 0 unspecified atom stereocenters. The number of ether oxygens (including phenoxy) is 3. The average Bonchev–Trinajstić information content (AvgIpc) is 2.38. The first kappa shape index (κ1) is 16.7. The molecule has 0 saturated carbocycles. The highest BCUT2D eigenvalue weighted by atomic mass is 35.7. The Morgan fingerprint density at radius 3 is 2.55 bits per heavy atom. The summed E-state index contributed by atoms with van der Waals surface area (Å²) in [5.41, 5.74) is 0.0729. The van der Waals surface area contributed by atoms with Crippen LogP contribution in [0, 0.1) is 0 Å². The summed E-state index contributed by atoms with van der Waals surface area (Å²) in [4.78, 5) is 11.4. The number of benzene rings is 1. The van der Waals surface area contributed by atoms with Gasteiger partial charge in [0.1, 0.15) is 17.3 Å². The quantitative estimate of drug-likeness (QED) is 0.433. The van der Waals surface area contributed by atoms with Crippen LogP contribution in [0.1, 0.15) is 17.3 Å². The smallest absolute Gasteiger partial charge is 0.338 e. The first-order chi connectivity index (χ1) is 9.40. The van der Waals surface area contributed by atoms with Gasteiger partial charge in [-0.1, -0.05) is 0 Å². The Labute approximate surface area is 122 Å². The van der Waals surface area contributed by atoms with Gasteiger partial charge in [0.05, 0.1) is 18.8 Å². The number of carbonyl (C=O) groups excluding carboxylic acids is 1. The van der Waals surface area contributed by atoms with E-state index in [2.05, 4.69) is 0 Å². The number of hydrogen-bond acceptors (Lipinski definition) is 6. The number of methoxy groups -OCH3 is 1. The van der Waals surface area contributed by atoms with Gasteiger partial charge in [-0.25, -0.2) is 13.2 Å². The molecule has 0 aliphatic rings. The summed E-state index contributed by atoms with van der Waals surface area (Å²) in [6.45, 7) is 2.31. The second-order valence-corrected chi connectivity index (χ2v) is 6.20. The molecular formula is C12H15ClO6S. The van der Waals surface area contributed by atoms with Crippen molar-refractivity contribution in [1.82, 2.24) is 0 Å². The maximum Gasteiger partial charge on any atom is 0.338 e. The van der Waals surface area contributed by atoms with E-state index in [0.29, 0.717) is 0 Å². The van der Waals surface area contributed by atoms with E-state index in [0.717, 1.165) is 6.07 Å². The molecule has 0 atom stereocenters. The second-order valence-electron chi connectivity index (χ2n) is 3.66. The summed E-state index contributed by atoms with van der Waals surface area (Å²) in [6.07, 6.45) is 0. The lowest BCUT2D eigenvalue weighted by Crippen LogP contribution is -2.11. The van der Waals surface area contributed by atoms with Crippen molar-refractivity contribution in [2.75, 3.05) is 26.9 Å². The molecule has 1 aromatic rings. The van der Waals surface area contributed by atoms with Crippen LogP contribution < -0.4 is 4.74 Å². The molecule has 0 bridgehead atoms. The van der Waals surface area contributed by atoms with E-state index in [1.807, 2.05) is 0 Å². The monoisotopic (exact) mass is 322 g/mol. The number of carbonyl (C=O) groups is 1. The summed E-state index contributed by atoms with van der Waals surface area (Å²) in [5.74, 6) is -0.567. The summed E-state index contributed by atoms with van der Waals surface area (Å²) >= 11 is 0. The zero-order valence-corrected chi connectivity index (χ0v) is 12.7. The fourth-order valence-corrected chi connectivity index (χ4v) is 2.40. The molecule has 0 spiro atoms. The van der Waals surface area contributed by atoms with Crippen molar-refractivity contribution in [3.05, 3.63) is 23.8 Å². The zero-order chi connectivity index (χ0) is 15.2. The average molecular weight is 323 g/mol. The molecule has 0 amide bonds. The van der Waals surface area contributed by atoms with Gasteiger partial charge in [-0.15, -0.1) is 0 Å². The van der Waals surface area contributed by atoms with Crippen molar-refractivity contribution in [1.29, 1.82) is 0 Å². The highest BCUT2D eigenvalue weighted by molar-refractivity contribution is 8.13. The largest absolute Gasteiger partial charge is 0.492 e. The van der Waals surface area contributed by atoms with Gasteiger partial charge in [0.25, 0.3) is 9.05 Å². The van der Waals surface area contributed by atoms with Gasteiger partial charge in [0, 0.05) is 17.8 Å². The number of esters is 1. The number of hydrogen-bond donors (Lipinski definition) is 0. The zero-order valence-electron chi connectivity index (χ0n) is 11.1. The van der Waals surface area contributed by atoms with Crippen LogP contribution in [0.15, 0.2) is 23.1 Å². The molecule has 1 aromatic carbocycles. The molecule has 20 heavy (non-hydrogen) atoms. The van der Waals surface area contributed by atoms with Gasteiger partial charge in [-0.05, 0) is 25.1 Å². The summed E-state index contributed by atoms with van der Waals surface area (Å²) in [7, 11) is 2.78. The summed E-state index contributed by atoms with van der Waals surface area (Å²) in [5, 5.41) is 0. The molecule has 1 rings (SSSR count). The van der Waals surface area contributed by atoms with Crippen LogP contribution in [0.5, 0.6) is 5.75 Å². The maximum absolute atomic E-state index is 11.7. The van der Waals surface area contributed by atoms with E-state index < -0.39 is 15.0 Å². The predicted molar refractivity (Wildman–Crippen MR) is 72.8 cm³/mol. The topological polar surface area (TPSA) is 78.9 Å². The third-order valence-electron chi connectivity index (χ3n) is 2.26. The molecule has 0 N–H and O–H groups in total. The molecule has 8 heteroatoms. The third kappa shape index (κ3) is 4.66. The Morgan fingerprint density at radius 2 is 2.00 bits per heavy atom. The Bertz CT molecular complexity index is 569.